The summed E-state index contributed by atoms with van der Waals surface area (Å²) in [5.74, 6) is 0.504. The van der Waals surface area contributed by atoms with E-state index in [1.165, 1.54) is 11.4 Å². The molecule has 0 atom stereocenters. The number of ether oxygens (including phenoxy) is 1. The molecular formula is C15H24N2O4S. The van der Waals surface area contributed by atoms with E-state index in [1.807, 2.05) is 13.8 Å². The molecule has 1 amide bonds. The molecule has 124 valence electrons. The monoisotopic (exact) mass is 328 g/mol. The maximum absolute atomic E-state index is 12.1. The van der Waals surface area contributed by atoms with Crippen LogP contribution in [0.2, 0.25) is 0 Å². The molecule has 1 rings (SSSR count). The van der Waals surface area contributed by atoms with Crippen molar-refractivity contribution in [1.82, 2.24) is 4.31 Å². The van der Waals surface area contributed by atoms with Gasteiger partial charge in [-0.3, -0.25) is 4.79 Å². The molecule has 0 heterocycles. The van der Waals surface area contributed by atoms with E-state index in [9.17, 15) is 13.2 Å². The second-order valence-electron chi connectivity index (χ2n) is 5.53. The van der Waals surface area contributed by atoms with Gasteiger partial charge in [-0.05, 0) is 24.5 Å². The molecule has 0 aromatic heterocycles. The molecule has 7 heteroatoms. The maximum Gasteiger partial charge on any atom is 0.239 e. The van der Waals surface area contributed by atoms with Gasteiger partial charge in [0.2, 0.25) is 15.9 Å². The molecule has 0 bridgehead atoms. The first kappa shape index (κ1) is 18.4. The van der Waals surface area contributed by atoms with Crippen LogP contribution in [0.3, 0.4) is 0 Å². The zero-order valence-corrected chi connectivity index (χ0v) is 14.3. The Morgan fingerprint density at radius 2 is 1.95 bits per heavy atom. The lowest BCUT2D eigenvalue weighted by Gasteiger charge is -2.20. The Bertz CT molecular complexity index is 599. The third-order valence-corrected chi connectivity index (χ3v) is 4.38. The standard InChI is InChI=1S/C15H24N2O4S/c1-12(2)9-10-17(22(4,19)20)11-15(18)16-13-7-5-6-8-14(13)21-3/h5-8,12H,9-11H2,1-4H3,(H,16,18). The summed E-state index contributed by atoms with van der Waals surface area (Å²) in [4.78, 5) is 12.1. The van der Waals surface area contributed by atoms with Gasteiger partial charge in [0.15, 0.2) is 0 Å². The number of amides is 1. The van der Waals surface area contributed by atoms with E-state index in [-0.39, 0.29) is 6.54 Å². The van der Waals surface area contributed by atoms with E-state index in [0.717, 1.165) is 6.26 Å². The van der Waals surface area contributed by atoms with Gasteiger partial charge in [0, 0.05) is 6.54 Å². The third-order valence-electron chi connectivity index (χ3n) is 3.13. The van der Waals surface area contributed by atoms with Crippen molar-refractivity contribution in [2.45, 2.75) is 20.3 Å². The lowest BCUT2D eigenvalue weighted by atomic mass is 10.1. The minimum Gasteiger partial charge on any atom is -0.495 e. The van der Waals surface area contributed by atoms with Crippen LogP contribution in [0, 0.1) is 5.92 Å². The van der Waals surface area contributed by atoms with Gasteiger partial charge in [-0.25, -0.2) is 8.42 Å². The van der Waals surface area contributed by atoms with Crippen molar-refractivity contribution in [3.05, 3.63) is 24.3 Å². The summed E-state index contributed by atoms with van der Waals surface area (Å²) in [6.45, 7) is 4.14. The zero-order chi connectivity index (χ0) is 16.8. The molecule has 0 fully saturated rings. The topological polar surface area (TPSA) is 75.7 Å². The summed E-state index contributed by atoms with van der Waals surface area (Å²) in [5, 5.41) is 2.68. The van der Waals surface area contributed by atoms with Gasteiger partial charge < -0.3 is 10.1 Å². The van der Waals surface area contributed by atoms with Crippen LogP contribution in [0.15, 0.2) is 24.3 Å². The Labute approximate surface area is 132 Å². The summed E-state index contributed by atoms with van der Waals surface area (Å²) < 4.78 is 29.9. The number of carbonyl (C=O) groups is 1. The molecule has 22 heavy (non-hydrogen) atoms. The fourth-order valence-electron chi connectivity index (χ4n) is 1.86. The lowest BCUT2D eigenvalue weighted by molar-refractivity contribution is -0.116. The average Bonchev–Trinajstić information content (AvgIpc) is 2.42. The molecule has 6 nitrogen and oxygen atoms in total. The van der Waals surface area contributed by atoms with Crippen LogP contribution < -0.4 is 10.1 Å². The first-order chi connectivity index (χ1) is 10.2. The highest BCUT2D eigenvalue weighted by Gasteiger charge is 2.20. The molecule has 1 aromatic rings. The molecule has 0 radical (unpaired) electrons. The predicted octanol–water partition coefficient (Wildman–Crippen LogP) is 1.94. The second-order valence-corrected chi connectivity index (χ2v) is 7.51. The molecule has 0 saturated carbocycles. The van der Waals surface area contributed by atoms with E-state index in [2.05, 4.69) is 5.32 Å². The number of nitrogens with zero attached hydrogens (tertiary/aromatic N) is 1. The number of para-hydroxylation sites is 2. The summed E-state index contributed by atoms with van der Waals surface area (Å²) >= 11 is 0. The van der Waals surface area contributed by atoms with Crippen LogP contribution in [0.4, 0.5) is 5.69 Å². The Morgan fingerprint density at radius 3 is 2.50 bits per heavy atom. The largest absolute Gasteiger partial charge is 0.495 e. The Balaban J connectivity index is 2.75. The number of benzene rings is 1. The third kappa shape index (κ3) is 6.03. The van der Waals surface area contributed by atoms with E-state index in [1.54, 1.807) is 24.3 Å². The average molecular weight is 328 g/mol. The number of hydrogen-bond donors (Lipinski definition) is 1. The van der Waals surface area contributed by atoms with E-state index in [4.69, 9.17) is 4.74 Å². The van der Waals surface area contributed by atoms with Crippen molar-refractivity contribution in [2.75, 3.05) is 31.8 Å². The van der Waals surface area contributed by atoms with Crippen LogP contribution in [0.1, 0.15) is 20.3 Å². The first-order valence-corrected chi connectivity index (χ1v) is 8.97. The SMILES string of the molecule is COc1ccccc1NC(=O)CN(CCC(C)C)S(C)(=O)=O. The van der Waals surface area contributed by atoms with Crippen molar-refractivity contribution in [3.8, 4) is 5.75 Å². The van der Waals surface area contributed by atoms with Crippen molar-refractivity contribution < 1.29 is 17.9 Å². The fraction of sp³-hybridized carbons (Fsp3) is 0.533. The van der Waals surface area contributed by atoms with Gasteiger partial charge in [0.05, 0.1) is 25.6 Å². The number of carbonyl (C=O) groups excluding carboxylic acids is 1. The van der Waals surface area contributed by atoms with E-state index >= 15 is 0 Å². The summed E-state index contributed by atoms with van der Waals surface area (Å²) in [6.07, 6.45) is 1.82. The predicted molar refractivity (Wildman–Crippen MR) is 87.5 cm³/mol. The van der Waals surface area contributed by atoms with Crippen molar-refractivity contribution in [1.29, 1.82) is 0 Å². The van der Waals surface area contributed by atoms with Crippen molar-refractivity contribution in [3.63, 3.8) is 0 Å². The van der Waals surface area contributed by atoms with Crippen LogP contribution >= 0.6 is 0 Å². The smallest absolute Gasteiger partial charge is 0.239 e. The number of nitrogens with one attached hydrogen (secondary N) is 1. The second kappa shape index (κ2) is 8.14. The molecular weight excluding hydrogens is 304 g/mol. The Kier molecular flexibility index (Phi) is 6.83. The summed E-state index contributed by atoms with van der Waals surface area (Å²) in [7, 11) is -1.91. The van der Waals surface area contributed by atoms with Gasteiger partial charge in [-0.2, -0.15) is 4.31 Å². The number of anilines is 1. The molecule has 1 N–H and O–H groups in total. The lowest BCUT2D eigenvalue weighted by Crippen LogP contribution is -2.38. The molecule has 0 aliphatic heterocycles. The minimum atomic E-state index is -3.42. The molecule has 0 spiro atoms. The zero-order valence-electron chi connectivity index (χ0n) is 13.5. The molecule has 0 saturated heterocycles. The summed E-state index contributed by atoms with van der Waals surface area (Å²) in [5.41, 5.74) is 0.521. The van der Waals surface area contributed by atoms with E-state index in [0.29, 0.717) is 30.3 Å². The van der Waals surface area contributed by atoms with Gasteiger partial charge in [0.25, 0.3) is 0 Å². The van der Waals surface area contributed by atoms with Crippen molar-refractivity contribution in [2.24, 2.45) is 5.92 Å². The maximum atomic E-state index is 12.1. The van der Waals surface area contributed by atoms with Crippen LogP contribution in [-0.2, 0) is 14.8 Å². The summed E-state index contributed by atoms with van der Waals surface area (Å²) in [6, 6.07) is 6.99. The van der Waals surface area contributed by atoms with Crippen LogP contribution in [0.25, 0.3) is 0 Å². The number of methoxy groups -OCH3 is 1. The first-order valence-electron chi connectivity index (χ1n) is 7.12. The Hall–Kier alpha value is -1.60. The minimum absolute atomic E-state index is 0.205. The van der Waals surface area contributed by atoms with Crippen LogP contribution in [-0.4, -0.2) is 45.1 Å². The number of sulfonamides is 1. The molecule has 0 aliphatic rings. The Morgan fingerprint density at radius 1 is 1.32 bits per heavy atom. The number of rotatable bonds is 8. The van der Waals surface area contributed by atoms with Gasteiger partial charge >= 0.3 is 0 Å². The normalized spacial score (nSPS) is 11.7. The molecule has 0 unspecified atom stereocenters. The molecule has 0 aliphatic carbocycles. The number of hydrogen-bond acceptors (Lipinski definition) is 4. The van der Waals surface area contributed by atoms with Gasteiger partial charge in [-0.15, -0.1) is 0 Å². The van der Waals surface area contributed by atoms with Gasteiger partial charge in [0.1, 0.15) is 5.75 Å². The highest BCUT2D eigenvalue weighted by Crippen LogP contribution is 2.22. The quantitative estimate of drug-likeness (QED) is 0.791. The van der Waals surface area contributed by atoms with Gasteiger partial charge in [-0.1, -0.05) is 26.0 Å². The fourth-order valence-corrected chi connectivity index (χ4v) is 2.65. The van der Waals surface area contributed by atoms with Crippen molar-refractivity contribution >= 4 is 21.6 Å². The highest BCUT2D eigenvalue weighted by molar-refractivity contribution is 7.88. The van der Waals surface area contributed by atoms with Crippen LogP contribution in [0.5, 0.6) is 5.75 Å². The highest BCUT2D eigenvalue weighted by atomic mass is 32.2. The van der Waals surface area contributed by atoms with E-state index < -0.39 is 15.9 Å². The molecule has 1 aromatic carbocycles.